The molecule has 3 aromatic heterocycles. The lowest BCUT2D eigenvalue weighted by atomic mass is 10.1. The van der Waals surface area contributed by atoms with Crippen LogP contribution in [0, 0.1) is 0 Å². The fourth-order valence-electron chi connectivity index (χ4n) is 5.06. The van der Waals surface area contributed by atoms with Crippen LogP contribution in [-0.2, 0) is 0 Å². The topological polar surface area (TPSA) is 38.7 Å². The minimum absolute atomic E-state index is 0.962. The Morgan fingerprint density at radius 2 is 0.838 bits per heavy atom. The Hall–Kier alpha value is -4.67. The molecule has 0 radical (unpaired) electrons. The average molecular weight is 492 g/mol. The molecule has 0 aliphatic carbocycles. The Bertz CT molecular complexity index is 1450. The van der Waals surface area contributed by atoms with Crippen molar-refractivity contribution in [2.75, 3.05) is 0 Å². The van der Waals surface area contributed by atoms with Crippen LogP contribution in [0.1, 0.15) is 0 Å². The van der Waals surface area contributed by atoms with Crippen molar-refractivity contribution in [1.82, 2.24) is 15.0 Å². The van der Waals surface area contributed by atoms with Crippen LogP contribution in [0.15, 0.2) is 152 Å². The van der Waals surface area contributed by atoms with Crippen LogP contribution < -0.4 is 20.7 Å². The van der Waals surface area contributed by atoms with Crippen LogP contribution in [0.4, 0.5) is 0 Å². The largest absolute Gasteiger partial charge is 0.265 e. The summed E-state index contributed by atoms with van der Waals surface area (Å²) in [5.74, 6) is 0. The fraction of sp³-hybridized carbons (Fsp3) is 0. The smallest absolute Gasteiger partial charge is 0.184 e. The van der Waals surface area contributed by atoms with E-state index >= 15 is 0 Å². The summed E-state index contributed by atoms with van der Waals surface area (Å²) in [6.45, 7) is 0. The van der Waals surface area contributed by atoms with Crippen molar-refractivity contribution in [2.45, 2.75) is 0 Å². The number of rotatable bonds is 6. The van der Waals surface area contributed by atoms with Crippen molar-refractivity contribution in [3.63, 3.8) is 0 Å². The molecule has 176 valence electrons. The number of nitrogens with zero attached hydrogens (tertiary/aromatic N) is 3. The maximum Gasteiger partial charge on any atom is 0.184 e. The summed E-state index contributed by atoms with van der Waals surface area (Å²) in [6.07, 6.45) is 7.95. The predicted molar refractivity (Wildman–Crippen MR) is 154 cm³/mol. The standard InChI is InChI=1S/C33H25N3Si/c1-4-11-26(12-5-1)32-20-18-30(24-35-32)37(28-15-8-3-9-16-28,29-17-10-22-34-23-29)31-19-21-33(36-25-31)27-13-6-2-7-14-27/h1-25H. The molecule has 0 saturated heterocycles. The van der Waals surface area contributed by atoms with E-state index in [9.17, 15) is 0 Å². The molecule has 0 aliphatic heterocycles. The molecule has 0 unspecified atom stereocenters. The van der Waals surface area contributed by atoms with Gasteiger partial charge in [-0.1, -0.05) is 109 Å². The highest BCUT2D eigenvalue weighted by Crippen LogP contribution is 2.18. The lowest BCUT2D eigenvalue weighted by molar-refractivity contribution is 1.32. The lowest BCUT2D eigenvalue weighted by Crippen LogP contribution is -2.75. The summed E-state index contributed by atoms with van der Waals surface area (Å²) in [7, 11) is -2.74. The number of aromatic nitrogens is 3. The summed E-state index contributed by atoms with van der Waals surface area (Å²) in [4.78, 5) is 14.5. The molecule has 0 amide bonds. The molecule has 37 heavy (non-hydrogen) atoms. The molecule has 3 heterocycles. The minimum Gasteiger partial charge on any atom is -0.265 e. The second-order valence-corrected chi connectivity index (χ2v) is 12.8. The van der Waals surface area contributed by atoms with Crippen molar-refractivity contribution in [3.8, 4) is 22.5 Å². The van der Waals surface area contributed by atoms with Gasteiger partial charge in [-0.05, 0) is 38.9 Å². The van der Waals surface area contributed by atoms with Gasteiger partial charge >= 0.3 is 0 Å². The fourth-order valence-corrected chi connectivity index (χ4v) is 9.55. The Kier molecular flexibility index (Phi) is 6.23. The first-order chi connectivity index (χ1) is 18.4. The number of pyridine rings is 3. The van der Waals surface area contributed by atoms with E-state index in [0.717, 1.165) is 22.5 Å². The molecule has 3 nitrogen and oxygen atoms in total. The third-order valence-corrected chi connectivity index (χ3v) is 11.5. The third-order valence-electron chi connectivity index (χ3n) is 6.83. The van der Waals surface area contributed by atoms with Gasteiger partial charge in [0.05, 0.1) is 11.4 Å². The van der Waals surface area contributed by atoms with Gasteiger partial charge in [-0.3, -0.25) is 15.0 Å². The molecule has 6 aromatic rings. The van der Waals surface area contributed by atoms with E-state index in [-0.39, 0.29) is 0 Å². The molecule has 0 spiro atoms. The highest BCUT2D eigenvalue weighted by molar-refractivity contribution is 7.19. The van der Waals surface area contributed by atoms with Crippen molar-refractivity contribution < 1.29 is 0 Å². The molecule has 3 aromatic carbocycles. The van der Waals surface area contributed by atoms with E-state index in [1.54, 1.807) is 0 Å². The lowest BCUT2D eigenvalue weighted by Gasteiger charge is -2.33. The molecule has 0 aliphatic rings. The molecule has 0 bridgehead atoms. The first kappa shape index (κ1) is 22.8. The van der Waals surface area contributed by atoms with Crippen LogP contribution in [0.2, 0.25) is 0 Å². The van der Waals surface area contributed by atoms with Gasteiger partial charge in [-0.25, -0.2) is 0 Å². The number of benzene rings is 3. The van der Waals surface area contributed by atoms with Gasteiger partial charge in [-0.15, -0.1) is 0 Å². The second-order valence-electron chi connectivity index (χ2n) is 8.95. The zero-order valence-corrected chi connectivity index (χ0v) is 21.3. The van der Waals surface area contributed by atoms with E-state index < -0.39 is 8.07 Å². The summed E-state index contributed by atoms with van der Waals surface area (Å²) in [5.41, 5.74) is 4.14. The SMILES string of the molecule is c1ccc(-c2ccc([Si](c3ccccc3)(c3cccnc3)c3ccc(-c4ccccc4)nc3)cn2)cc1. The van der Waals surface area contributed by atoms with Gasteiger partial charge in [0.25, 0.3) is 0 Å². The van der Waals surface area contributed by atoms with Crippen LogP contribution in [0.5, 0.6) is 0 Å². The number of hydrogen-bond acceptors (Lipinski definition) is 3. The van der Waals surface area contributed by atoms with Gasteiger partial charge in [0.2, 0.25) is 0 Å². The normalized spacial score (nSPS) is 11.2. The van der Waals surface area contributed by atoms with E-state index in [1.807, 2.05) is 54.9 Å². The van der Waals surface area contributed by atoms with Crippen molar-refractivity contribution in [2.24, 2.45) is 0 Å². The molecule has 6 rings (SSSR count). The monoisotopic (exact) mass is 491 g/mol. The zero-order valence-electron chi connectivity index (χ0n) is 20.3. The maximum absolute atomic E-state index is 4.95. The van der Waals surface area contributed by atoms with E-state index in [4.69, 9.17) is 9.97 Å². The van der Waals surface area contributed by atoms with Crippen molar-refractivity contribution >= 4 is 28.8 Å². The van der Waals surface area contributed by atoms with Gasteiger partial charge < -0.3 is 0 Å². The van der Waals surface area contributed by atoms with Crippen LogP contribution >= 0.6 is 0 Å². The summed E-state index contributed by atoms with van der Waals surface area (Å²) in [6, 6.07) is 44.4. The van der Waals surface area contributed by atoms with E-state index in [2.05, 4.69) is 102 Å². The van der Waals surface area contributed by atoms with Gasteiger partial charge in [0, 0.05) is 35.9 Å². The van der Waals surface area contributed by atoms with Crippen LogP contribution in [0.25, 0.3) is 22.5 Å². The molecule has 0 saturated carbocycles. The first-order valence-corrected chi connectivity index (χ1v) is 14.4. The Labute approximate surface area is 218 Å². The third kappa shape index (κ3) is 4.28. The van der Waals surface area contributed by atoms with Gasteiger partial charge in [0.15, 0.2) is 8.07 Å². The van der Waals surface area contributed by atoms with Gasteiger partial charge in [-0.2, -0.15) is 0 Å². The minimum atomic E-state index is -2.74. The molecular weight excluding hydrogens is 466 g/mol. The van der Waals surface area contributed by atoms with E-state index in [0.29, 0.717) is 0 Å². The van der Waals surface area contributed by atoms with Crippen molar-refractivity contribution in [3.05, 3.63) is 152 Å². The maximum atomic E-state index is 4.95. The Morgan fingerprint density at radius 3 is 1.27 bits per heavy atom. The average Bonchev–Trinajstić information content (AvgIpc) is 3.00. The summed E-state index contributed by atoms with van der Waals surface area (Å²) < 4.78 is 0. The molecular formula is C33H25N3Si. The molecule has 0 N–H and O–H groups in total. The van der Waals surface area contributed by atoms with Crippen LogP contribution in [-0.4, -0.2) is 23.0 Å². The highest BCUT2D eigenvalue weighted by Gasteiger charge is 2.42. The summed E-state index contributed by atoms with van der Waals surface area (Å²) >= 11 is 0. The van der Waals surface area contributed by atoms with Crippen molar-refractivity contribution in [1.29, 1.82) is 0 Å². The Balaban J connectivity index is 1.57. The molecule has 0 atom stereocenters. The van der Waals surface area contributed by atoms with Gasteiger partial charge in [0.1, 0.15) is 0 Å². The van der Waals surface area contributed by atoms with E-state index in [1.165, 1.54) is 20.7 Å². The molecule has 0 fully saturated rings. The zero-order chi connectivity index (χ0) is 24.9. The van der Waals surface area contributed by atoms with Crippen LogP contribution in [0.3, 0.4) is 0 Å². The second kappa shape index (κ2) is 10.1. The number of hydrogen-bond donors (Lipinski definition) is 0. The quantitative estimate of drug-likeness (QED) is 0.320. The first-order valence-electron chi connectivity index (χ1n) is 12.4. The predicted octanol–water partition coefficient (Wildman–Crippen LogP) is 4.58. The summed E-state index contributed by atoms with van der Waals surface area (Å²) in [5, 5.41) is 4.86. The Morgan fingerprint density at radius 1 is 0.378 bits per heavy atom. The highest BCUT2D eigenvalue weighted by atomic mass is 28.3. The molecule has 4 heteroatoms.